The maximum absolute atomic E-state index is 13.3. The molecule has 6 rings (SSSR count). The quantitative estimate of drug-likeness (QED) is 0.195. The zero-order valence-corrected chi connectivity index (χ0v) is 22.4. The number of aromatic amines is 1. The number of hydrogen-bond acceptors (Lipinski definition) is 5. The van der Waals surface area contributed by atoms with E-state index in [1.807, 2.05) is 24.4 Å². The first-order valence-electron chi connectivity index (χ1n) is 13.3. The highest BCUT2D eigenvalue weighted by molar-refractivity contribution is 7.13. The van der Waals surface area contributed by atoms with Crippen LogP contribution in [0.3, 0.4) is 0 Å². The molecule has 0 bridgehead atoms. The van der Waals surface area contributed by atoms with E-state index in [0.717, 1.165) is 56.7 Å². The monoisotopic (exact) mass is 542 g/mol. The molecule has 0 spiro atoms. The van der Waals surface area contributed by atoms with Crippen molar-refractivity contribution in [3.63, 3.8) is 0 Å². The summed E-state index contributed by atoms with van der Waals surface area (Å²) in [6.45, 7) is 1.86. The Balaban J connectivity index is 1.30. The van der Waals surface area contributed by atoms with Gasteiger partial charge in [0.05, 0.1) is 15.9 Å². The molecule has 0 radical (unpaired) electrons. The number of imidazole rings is 1. The minimum Gasteiger partial charge on any atom is -0.508 e. The lowest BCUT2D eigenvalue weighted by Crippen LogP contribution is -2.42. The van der Waals surface area contributed by atoms with Crippen molar-refractivity contribution in [2.75, 3.05) is 0 Å². The fourth-order valence-corrected chi connectivity index (χ4v) is 6.52. The van der Waals surface area contributed by atoms with Crippen LogP contribution < -0.4 is 5.32 Å². The number of aromatic nitrogens is 3. The van der Waals surface area contributed by atoms with Gasteiger partial charge in [0.1, 0.15) is 11.8 Å². The molecular formula is C30H30N4O4S. The van der Waals surface area contributed by atoms with Gasteiger partial charge in [-0.05, 0) is 73.2 Å². The molecule has 1 amide bonds. The topological polar surface area (TPSA) is 120 Å². The Morgan fingerprint density at radius 1 is 1.15 bits per heavy atom. The van der Waals surface area contributed by atoms with Gasteiger partial charge in [0.15, 0.2) is 5.82 Å². The number of phenolic OH excluding ortho intramolecular Hbond substituents is 1. The van der Waals surface area contributed by atoms with Gasteiger partial charge in [-0.25, -0.2) is 9.78 Å². The number of aromatic hydroxyl groups is 1. The van der Waals surface area contributed by atoms with Gasteiger partial charge in [0, 0.05) is 34.6 Å². The van der Waals surface area contributed by atoms with Crippen LogP contribution >= 0.6 is 11.3 Å². The van der Waals surface area contributed by atoms with E-state index >= 15 is 0 Å². The van der Waals surface area contributed by atoms with Gasteiger partial charge < -0.3 is 25.1 Å². The minimum atomic E-state index is -1.14. The Morgan fingerprint density at radius 3 is 2.72 bits per heavy atom. The van der Waals surface area contributed by atoms with Crippen LogP contribution in [0.2, 0.25) is 0 Å². The molecule has 1 aliphatic rings. The number of H-pyrrole nitrogens is 1. The SMILES string of the molecule is Cc1[nH]c2ccc(O)cc2c1C[C@H](NC(=O)c1ccc2c(c1)nc(-c1cccs1)n2C1CCCCC1)C(=O)O. The van der Waals surface area contributed by atoms with Crippen molar-refractivity contribution in [2.45, 2.75) is 57.5 Å². The van der Waals surface area contributed by atoms with E-state index in [1.54, 1.807) is 41.7 Å². The first-order valence-corrected chi connectivity index (χ1v) is 14.2. The summed E-state index contributed by atoms with van der Waals surface area (Å²) in [6, 6.07) is 13.7. The Labute approximate surface area is 229 Å². The van der Waals surface area contributed by atoms with Gasteiger partial charge in [0.2, 0.25) is 0 Å². The van der Waals surface area contributed by atoms with Crippen LogP contribution in [0.25, 0.3) is 32.6 Å². The van der Waals surface area contributed by atoms with Crippen LogP contribution in [0.5, 0.6) is 5.75 Å². The van der Waals surface area contributed by atoms with Gasteiger partial charge in [-0.15, -0.1) is 11.3 Å². The fraction of sp³-hybridized carbons (Fsp3) is 0.300. The number of carboxylic acid groups (broad SMARTS) is 1. The third-order valence-corrected chi connectivity index (χ3v) is 8.61. The van der Waals surface area contributed by atoms with Crippen molar-refractivity contribution in [3.8, 4) is 16.5 Å². The van der Waals surface area contributed by atoms with E-state index in [1.165, 1.54) is 19.3 Å². The van der Waals surface area contributed by atoms with Crippen LogP contribution in [0.15, 0.2) is 53.9 Å². The lowest BCUT2D eigenvalue weighted by Gasteiger charge is -2.25. The number of benzene rings is 2. The number of nitrogens with zero attached hydrogens (tertiary/aromatic N) is 2. The maximum atomic E-state index is 13.3. The summed E-state index contributed by atoms with van der Waals surface area (Å²) < 4.78 is 2.33. The number of hydrogen-bond donors (Lipinski definition) is 4. The summed E-state index contributed by atoms with van der Waals surface area (Å²) in [5, 5.41) is 25.4. The Bertz CT molecular complexity index is 1680. The molecule has 3 aromatic heterocycles. The first-order chi connectivity index (χ1) is 18.9. The summed E-state index contributed by atoms with van der Waals surface area (Å²) in [7, 11) is 0. The molecule has 0 aliphatic heterocycles. The van der Waals surface area contributed by atoms with Gasteiger partial charge >= 0.3 is 5.97 Å². The molecule has 39 heavy (non-hydrogen) atoms. The minimum absolute atomic E-state index is 0.0808. The van der Waals surface area contributed by atoms with E-state index in [0.29, 0.717) is 11.6 Å². The van der Waals surface area contributed by atoms with Crippen LogP contribution in [0.1, 0.15) is 59.8 Å². The van der Waals surface area contributed by atoms with Crippen LogP contribution in [0, 0.1) is 6.92 Å². The molecular weight excluding hydrogens is 512 g/mol. The molecule has 0 saturated heterocycles. The average molecular weight is 543 g/mol. The summed E-state index contributed by atoms with van der Waals surface area (Å²) >= 11 is 1.65. The Hall–Kier alpha value is -4.11. The number of amides is 1. The number of rotatable bonds is 7. The number of carbonyl (C=O) groups is 2. The molecule has 5 aromatic rings. The average Bonchev–Trinajstić information content (AvgIpc) is 3.66. The normalized spacial score (nSPS) is 15.1. The standard InChI is InChI=1S/C30H30N4O4S/c1-17-21(22-15-20(35)10-11-23(22)31-17)16-25(30(37)38)33-29(36)18-9-12-26-24(14-18)32-28(27-8-5-13-39-27)34(26)19-6-3-2-4-7-19/h5,8-15,19,25,31,35H,2-4,6-7,16H2,1H3,(H,33,36)(H,37,38)/t25-/m0/s1. The third kappa shape index (κ3) is 4.78. The number of phenols is 1. The van der Waals surface area contributed by atoms with E-state index < -0.39 is 17.9 Å². The predicted molar refractivity (Wildman–Crippen MR) is 152 cm³/mol. The lowest BCUT2D eigenvalue weighted by atomic mass is 9.95. The van der Waals surface area contributed by atoms with Crippen molar-refractivity contribution >= 4 is 45.1 Å². The second-order valence-corrected chi connectivity index (χ2v) is 11.3. The van der Waals surface area contributed by atoms with Crippen molar-refractivity contribution in [1.29, 1.82) is 0 Å². The molecule has 3 heterocycles. The number of aryl methyl sites for hydroxylation is 1. The second kappa shape index (κ2) is 10.2. The van der Waals surface area contributed by atoms with Crippen molar-refractivity contribution in [1.82, 2.24) is 19.9 Å². The van der Waals surface area contributed by atoms with Crippen molar-refractivity contribution in [3.05, 3.63) is 70.7 Å². The predicted octanol–water partition coefficient (Wildman–Crippen LogP) is 6.19. The first kappa shape index (κ1) is 25.2. The molecule has 8 nitrogen and oxygen atoms in total. The summed E-state index contributed by atoms with van der Waals surface area (Å²) in [4.78, 5) is 34.8. The van der Waals surface area contributed by atoms with Gasteiger partial charge in [-0.2, -0.15) is 0 Å². The van der Waals surface area contributed by atoms with Gasteiger partial charge in [0.25, 0.3) is 5.91 Å². The molecule has 0 unspecified atom stereocenters. The third-order valence-electron chi connectivity index (χ3n) is 7.75. The molecule has 9 heteroatoms. The maximum Gasteiger partial charge on any atom is 0.326 e. The molecule has 200 valence electrons. The number of fused-ring (bicyclic) bond motifs is 2. The molecule has 1 aliphatic carbocycles. The summed E-state index contributed by atoms with van der Waals surface area (Å²) in [6.07, 6.45) is 5.94. The zero-order chi connectivity index (χ0) is 27.1. The van der Waals surface area contributed by atoms with E-state index in [4.69, 9.17) is 4.98 Å². The van der Waals surface area contributed by atoms with Crippen LogP contribution in [-0.2, 0) is 11.2 Å². The molecule has 1 saturated carbocycles. The van der Waals surface area contributed by atoms with Crippen molar-refractivity contribution < 1.29 is 19.8 Å². The van der Waals surface area contributed by atoms with Crippen LogP contribution in [0.4, 0.5) is 0 Å². The number of thiophene rings is 1. The fourth-order valence-electron chi connectivity index (χ4n) is 5.81. The second-order valence-electron chi connectivity index (χ2n) is 10.3. The van der Waals surface area contributed by atoms with E-state index in [-0.39, 0.29) is 12.2 Å². The molecule has 4 N–H and O–H groups in total. The van der Waals surface area contributed by atoms with Crippen molar-refractivity contribution in [2.24, 2.45) is 0 Å². The van der Waals surface area contributed by atoms with Gasteiger partial charge in [-0.3, -0.25) is 4.79 Å². The molecule has 1 atom stereocenters. The Morgan fingerprint density at radius 2 is 1.97 bits per heavy atom. The highest BCUT2D eigenvalue weighted by Crippen LogP contribution is 2.37. The number of aliphatic carboxylic acids is 1. The highest BCUT2D eigenvalue weighted by atomic mass is 32.1. The van der Waals surface area contributed by atoms with Crippen LogP contribution in [-0.4, -0.2) is 42.7 Å². The van der Waals surface area contributed by atoms with E-state index in [9.17, 15) is 19.8 Å². The summed E-state index contributed by atoms with van der Waals surface area (Å²) in [5.41, 5.74) is 4.43. The van der Waals surface area contributed by atoms with E-state index in [2.05, 4.69) is 20.9 Å². The lowest BCUT2D eigenvalue weighted by molar-refractivity contribution is -0.139. The summed E-state index contributed by atoms with van der Waals surface area (Å²) in [5.74, 6) is -0.568. The van der Waals surface area contributed by atoms with Gasteiger partial charge in [-0.1, -0.05) is 25.3 Å². The number of nitrogens with one attached hydrogen (secondary N) is 2. The largest absolute Gasteiger partial charge is 0.508 e. The molecule has 2 aromatic carbocycles. The smallest absolute Gasteiger partial charge is 0.326 e. The molecule has 1 fully saturated rings. The number of carboxylic acids is 1. The Kier molecular flexibility index (Phi) is 6.60. The number of carbonyl (C=O) groups excluding carboxylic acids is 1. The highest BCUT2D eigenvalue weighted by Gasteiger charge is 2.26. The zero-order valence-electron chi connectivity index (χ0n) is 21.6.